The maximum Gasteiger partial charge on any atom is 0.128 e. The maximum atomic E-state index is 5.01. The zero-order valence-corrected chi connectivity index (χ0v) is 6.27. The second-order valence-corrected chi connectivity index (χ2v) is 2.04. The van der Waals surface area contributed by atoms with Gasteiger partial charge >= 0.3 is 0 Å². The van der Waals surface area contributed by atoms with Crippen molar-refractivity contribution in [1.29, 1.82) is 0 Å². The summed E-state index contributed by atoms with van der Waals surface area (Å²) in [5.74, 6) is 0.857. The topological polar surface area (TPSA) is 9.23 Å². The Hall–Kier alpha value is -1.16. The van der Waals surface area contributed by atoms with Crippen LogP contribution in [0.4, 0.5) is 0 Å². The minimum absolute atomic E-state index is 0.857. The average Bonchev–Trinajstić information content (AvgIpc) is 2.05. The minimum atomic E-state index is 0.857. The van der Waals surface area contributed by atoms with Crippen molar-refractivity contribution >= 4 is 0 Å². The lowest BCUT2D eigenvalue weighted by Crippen LogP contribution is -1.83. The van der Waals surface area contributed by atoms with Crippen molar-refractivity contribution in [3.8, 4) is 5.75 Å². The molecular weight excluding hydrogens is 124 g/mol. The number of hydrogen-bond donors (Lipinski definition) is 0. The maximum absolute atomic E-state index is 5.01. The molecule has 0 unspecified atom stereocenters. The molecule has 1 aromatic carbocycles. The van der Waals surface area contributed by atoms with Crippen molar-refractivity contribution in [1.82, 2.24) is 0 Å². The summed E-state index contributed by atoms with van der Waals surface area (Å²) < 4.78 is 5.01. The molecule has 1 heteroatoms. The van der Waals surface area contributed by atoms with E-state index in [-0.39, 0.29) is 0 Å². The summed E-state index contributed by atoms with van der Waals surface area (Å²) >= 11 is 0. The molecule has 0 radical (unpaired) electrons. The molecule has 0 atom stereocenters. The summed E-state index contributed by atoms with van der Waals surface area (Å²) in [6.45, 7) is 2.08. The zero-order valence-electron chi connectivity index (χ0n) is 6.27. The number of ether oxygens (including phenoxy) is 1. The van der Waals surface area contributed by atoms with E-state index in [0.29, 0.717) is 0 Å². The van der Waals surface area contributed by atoms with E-state index in [0.717, 1.165) is 17.7 Å². The molecule has 0 bridgehead atoms. The van der Waals surface area contributed by atoms with Crippen molar-refractivity contribution in [3.05, 3.63) is 29.8 Å². The van der Waals surface area contributed by atoms with E-state index in [1.807, 2.05) is 6.07 Å². The van der Waals surface area contributed by atoms with Crippen LogP contribution in [0.5, 0.6) is 5.75 Å². The quantitative estimate of drug-likeness (QED) is 0.599. The van der Waals surface area contributed by atoms with Gasteiger partial charge in [-0.15, -0.1) is 0 Å². The molecule has 0 aliphatic heterocycles. The van der Waals surface area contributed by atoms with Gasteiger partial charge in [0.2, 0.25) is 0 Å². The van der Waals surface area contributed by atoms with E-state index >= 15 is 0 Å². The van der Waals surface area contributed by atoms with E-state index in [1.54, 1.807) is 13.2 Å². The van der Waals surface area contributed by atoms with Crippen LogP contribution in [0.2, 0.25) is 0 Å². The molecule has 0 N–H and O–H groups in total. The second-order valence-electron chi connectivity index (χ2n) is 2.04. The van der Waals surface area contributed by atoms with Crippen molar-refractivity contribution in [2.75, 3.05) is 7.11 Å². The Labute approximate surface area is 61.6 Å². The lowest BCUT2D eigenvalue weighted by molar-refractivity contribution is 0.414. The molecule has 0 saturated carbocycles. The fraction of sp³-hybridized carbons (Fsp3) is 0.333. The molecule has 0 amide bonds. The molecule has 1 aromatic rings. The van der Waals surface area contributed by atoms with Crippen molar-refractivity contribution in [2.24, 2.45) is 0 Å². The number of methoxy groups -OCH3 is 1. The van der Waals surface area contributed by atoms with E-state index in [4.69, 9.17) is 4.74 Å². The fourth-order valence-electron chi connectivity index (χ4n) is 0.758. The van der Waals surface area contributed by atoms with Crippen LogP contribution < -0.4 is 4.74 Å². The van der Waals surface area contributed by atoms with Gasteiger partial charge in [0.1, 0.15) is 5.75 Å². The molecule has 1 rings (SSSR count). The predicted molar refractivity (Wildman–Crippen MR) is 40.0 cm³/mol. The average molecular weight is 134 g/mol. The highest BCUT2D eigenvalue weighted by Gasteiger charge is 1.89. The normalized spacial score (nSPS) is 8.60. The molecule has 0 aromatic heterocycles. The van der Waals surface area contributed by atoms with E-state index in [1.165, 1.54) is 0 Å². The van der Waals surface area contributed by atoms with Crippen LogP contribution in [0.1, 0.15) is 12.5 Å². The van der Waals surface area contributed by atoms with Gasteiger partial charge in [-0.3, -0.25) is 0 Å². The first kappa shape index (κ1) is 6.95. The Morgan fingerprint density at radius 3 is 3.00 bits per heavy atom. The van der Waals surface area contributed by atoms with Gasteiger partial charge in [0.15, 0.2) is 0 Å². The van der Waals surface area contributed by atoms with Gasteiger partial charge in [0.05, 0.1) is 7.11 Å². The van der Waals surface area contributed by atoms with Gasteiger partial charge in [0, 0.05) is 11.6 Å². The zero-order chi connectivity index (χ0) is 7.40. The Kier molecular flexibility index (Phi) is 2.17. The summed E-state index contributed by atoms with van der Waals surface area (Å²) in [4.78, 5) is 0. The summed E-state index contributed by atoms with van der Waals surface area (Å²) in [6, 6.07) is 9.61. The highest BCUT2D eigenvalue weighted by Crippen LogP contribution is 2.08. The van der Waals surface area contributed by atoms with E-state index in [9.17, 15) is 0 Å². The number of rotatable bonds is 2. The highest BCUT2D eigenvalue weighted by molar-refractivity contribution is 5.23. The number of hydrogen-bond acceptors (Lipinski definition) is 1. The molecular formula is C9H10O. The standard InChI is InChI=1S/C9H10O/c1-3-8-5-4-6-9(7-8)10-2/h6-7H,3H2,1-2H3. The highest BCUT2D eigenvalue weighted by atomic mass is 16.5. The monoisotopic (exact) mass is 134 g/mol. The lowest BCUT2D eigenvalue weighted by atomic mass is 10.2. The second kappa shape index (κ2) is 3.12. The van der Waals surface area contributed by atoms with Gasteiger partial charge in [-0.2, -0.15) is 0 Å². The van der Waals surface area contributed by atoms with Crippen molar-refractivity contribution < 1.29 is 4.74 Å². The third kappa shape index (κ3) is 1.41. The molecule has 0 aliphatic rings. The SMILES string of the molecule is CCc1c#ccc(OC)c1. The summed E-state index contributed by atoms with van der Waals surface area (Å²) in [7, 11) is 1.66. The fourth-order valence-corrected chi connectivity index (χ4v) is 0.758. The van der Waals surface area contributed by atoms with Gasteiger partial charge in [-0.05, 0) is 12.5 Å². The largest absolute Gasteiger partial charge is 0.496 e. The van der Waals surface area contributed by atoms with Gasteiger partial charge in [0.25, 0.3) is 0 Å². The first-order valence-corrected chi connectivity index (χ1v) is 3.33. The smallest absolute Gasteiger partial charge is 0.128 e. The van der Waals surface area contributed by atoms with Crippen LogP contribution in [-0.4, -0.2) is 7.11 Å². The summed E-state index contributed by atoms with van der Waals surface area (Å²) in [6.07, 6.45) is 0.980. The van der Waals surface area contributed by atoms with Gasteiger partial charge in [-0.25, -0.2) is 0 Å². The molecule has 52 valence electrons. The minimum Gasteiger partial charge on any atom is -0.496 e. The van der Waals surface area contributed by atoms with Gasteiger partial charge < -0.3 is 4.74 Å². The molecule has 0 heterocycles. The third-order valence-electron chi connectivity index (χ3n) is 1.38. The Morgan fingerprint density at radius 1 is 1.60 bits per heavy atom. The summed E-state index contributed by atoms with van der Waals surface area (Å²) in [5, 5.41) is 0. The third-order valence-corrected chi connectivity index (χ3v) is 1.38. The molecule has 10 heavy (non-hydrogen) atoms. The van der Waals surface area contributed by atoms with Gasteiger partial charge in [-0.1, -0.05) is 19.1 Å². The predicted octanol–water partition coefficient (Wildman–Crippen LogP) is 1.86. The first-order chi connectivity index (χ1) is 4.86. The Bertz CT molecular complexity index is 186. The van der Waals surface area contributed by atoms with Crippen LogP contribution >= 0.6 is 0 Å². The lowest BCUT2D eigenvalue weighted by Gasteiger charge is -1.96. The molecule has 0 aliphatic carbocycles. The first-order valence-electron chi connectivity index (χ1n) is 3.33. The van der Waals surface area contributed by atoms with Crippen LogP contribution in [0.25, 0.3) is 0 Å². The number of aryl methyl sites for hydroxylation is 1. The molecule has 0 fully saturated rings. The Balaban J connectivity index is 2.87. The molecule has 0 spiro atoms. The van der Waals surface area contributed by atoms with Crippen LogP contribution in [0.3, 0.4) is 0 Å². The van der Waals surface area contributed by atoms with Crippen molar-refractivity contribution in [2.45, 2.75) is 13.3 Å². The summed E-state index contributed by atoms with van der Waals surface area (Å²) in [5.41, 5.74) is 1.14. The molecule has 1 nitrogen and oxygen atoms in total. The van der Waals surface area contributed by atoms with E-state index < -0.39 is 0 Å². The molecule has 0 saturated heterocycles. The van der Waals surface area contributed by atoms with E-state index in [2.05, 4.69) is 19.1 Å². The van der Waals surface area contributed by atoms with Crippen LogP contribution in [0, 0.1) is 12.1 Å². The Morgan fingerprint density at radius 2 is 2.40 bits per heavy atom. The van der Waals surface area contributed by atoms with Crippen molar-refractivity contribution in [3.63, 3.8) is 0 Å². The van der Waals surface area contributed by atoms with Crippen LogP contribution in [0.15, 0.2) is 12.1 Å². The van der Waals surface area contributed by atoms with Crippen LogP contribution in [-0.2, 0) is 6.42 Å².